The molecule has 0 aliphatic rings. The fourth-order valence-corrected chi connectivity index (χ4v) is 2.31. The highest BCUT2D eigenvalue weighted by atomic mass is 19.1. The fourth-order valence-electron chi connectivity index (χ4n) is 2.31. The second-order valence-corrected chi connectivity index (χ2v) is 6.49. The molecule has 6 nitrogen and oxygen atoms in total. The Hall–Kier alpha value is -3.09. The van der Waals surface area contributed by atoms with Crippen molar-refractivity contribution >= 4 is 11.9 Å². The van der Waals surface area contributed by atoms with Crippen LogP contribution in [0.15, 0.2) is 59.6 Å². The van der Waals surface area contributed by atoms with Gasteiger partial charge in [0.1, 0.15) is 18.2 Å². The zero-order chi connectivity index (χ0) is 20.4. The van der Waals surface area contributed by atoms with Gasteiger partial charge in [-0.05, 0) is 29.8 Å². The molecule has 0 aliphatic carbocycles. The summed E-state index contributed by atoms with van der Waals surface area (Å²) in [6.07, 6.45) is 0. The van der Waals surface area contributed by atoms with Crippen LogP contribution in [0.4, 0.5) is 4.39 Å². The standard InChI is InChI=1S/C21H27FN4O2/c1-25(2)20(27)16-24-21(23-15-17-7-5-4-6-8-17)26(3)13-14-28-19-11-9-18(22)10-12-19/h4-12H,13-16H2,1-3H3,(H,23,24). The Morgan fingerprint density at radius 3 is 2.39 bits per heavy atom. The van der Waals surface area contributed by atoms with E-state index in [0.717, 1.165) is 5.56 Å². The fraction of sp³-hybridized carbons (Fsp3) is 0.333. The van der Waals surface area contributed by atoms with Gasteiger partial charge in [-0.25, -0.2) is 9.38 Å². The van der Waals surface area contributed by atoms with Gasteiger partial charge in [0.05, 0.1) is 19.6 Å². The van der Waals surface area contributed by atoms with Gasteiger partial charge in [0.15, 0.2) is 5.96 Å². The zero-order valence-electron chi connectivity index (χ0n) is 16.6. The van der Waals surface area contributed by atoms with E-state index in [1.54, 1.807) is 26.2 Å². The summed E-state index contributed by atoms with van der Waals surface area (Å²) in [4.78, 5) is 19.9. The monoisotopic (exact) mass is 386 g/mol. The number of amides is 1. The first-order valence-electron chi connectivity index (χ1n) is 9.07. The highest BCUT2D eigenvalue weighted by Crippen LogP contribution is 2.10. The molecule has 0 aliphatic heterocycles. The number of benzene rings is 2. The molecule has 0 spiro atoms. The van der Waals surface area contributed by atoms with Crippen LogP contribution < -0.4 is 10.1 Å². The van der Waals surface area contributed by atoms with Crippen molar-refractivity contribution in [1.29, 1.82) is 0 Å². The van der Waals surface area contributed by atoms with Crippen molar-refractivity contribution in [3.8, 4) is 5.75 Å². The number of hydrogen-bond acceptors (Lipinski definition) is 3. The molecule has 0 heterocycles. The third-order valence-corrected chi connectivity index (χ3v) is 4.02. The van der Waals surface area contributed by atoms with E-state index in [-0.39, 0.29) is 18.3 Å². The first-order chi connectivity index (χ1) is 13.5. The molecule has 28 heavy (non-hydrogen) atoms. The molecule has 0 saturated heterocycles. The molecule has 0 atom stereocenters. The molecule has 2 aromatic rings. The van der Waals surface area contributed by atoms with E-state index in [1.807, 2.05) is 42.3 Å². The largest absolute Gasteiger partial charge is 0.492 e. The molecule has 150 valence electrons. The molecule has 1 amide bonds. The molecular weight excluding hydrogens is 359 g/mol. The van der Waals surface area contributed by atoms with Crippen molar-refractivity contribution in [2.24, 2.45) is 4.99 Å². The summed E-state index contributed by atoms with van der Waals surface area (Å²) in [6.45, 7) is 1.61. The Morgan fingerprint density at radius 1 is 1.07 bits per heavy atom. The third kappa shape index (κ3) is 7.26. The van der Waals surface area contributed by atoms with Crippen molar-refractivity contribution in [1.82, 2.24) is 15.1 Å². The van der Waals surface area contributed by atoms with Gasteiger partial charge in [-0.1, -0.05) is 30.3 Å². The van der Waals surface area contributed by atoms with Crippen LogP contribution in [-0.4, -0.2) is 62.5 Å². The van der Waals surface area contributed by atoms with Crippen LogP contribution in [0.3, 0.4) is 0 Å². The Labute approximate surface area is 165 Å². The van der Waals surface area contributed by atoms with E-state index in [9.17, 15) is 9.18 Å². The lowest BCUT2D eigenvalue weighted by atomic mass is 10.2. The third-order valence-electron chi connectivity index (χ3n) is 4.02. The Kier molecular flexibility index (Phi) is 8.27. The number of carbonyl (C=O) groups excluding carboxylic acids is 1. The predicted octanol–water partition coefficient (Wildman–Crippen LogP) is 2.37. The maximum absolute atomic E-state index is 13.0. The number of guanidine groups is 1. The number of halogens is 1. The normalized spacial score (nSPS) is 11.1. The van der Waals surface area contributed by atoms with Gasteiger partial charge in [0, 0.05) is 21.1 Å². The van der Waals surface area contributed by atoms with Crippen molar-refractivity contribution in [3.63, 3.8) is 0 Å². The number of rotatable bonds is 8. The van der Waals surface area contributed by atoms with Crippen LogP contribution in [0.2, 0.25) is 0 Å². The Morgan fingerprint density at radius 2 is 1.75 bits per heavy atom. The summed E-state index contributed by atoms with van der Waals surface area (Å²) in [5, 5.41) is 3.11. The molecule has 2 aromatic carbocycles. The van der Waals surface area contributed by atoms with Gasteiger partial charge in [0.2, 0.25) is 5.91 Å². The van der Waals surface area contributed by atoms with Crippen LogP contribution in [0.5, 0.6) is 5.75 Å². The zero-order valence-corrected chi connectivity index (χ0v) is 16.6. The van der Waals surface area contributed by atoms with E-state index in [1.165, 1.54) is 17.0 Å². The van der Waals surface area contributed by atoms with Crippen LogP contribution in [0.1, 0.15) is 5.56 Å². The number of likely N-dealkylation sites (N-methyl/N-ethyl adjacent to an activating group) is 2. The second-order valence-electron chi connectivity index (χ2n) is 6.49. The molecule has 2 rings (SSSR count). The molecule has 1 N–H and O–H groups in total. The first kappa shape index (κ1) is 21.2. The minimum Gasteiger partial charge on any atom is -0.492 e. The number of ether oxygens (including phenoxy) is 1. The van der Waals surface area contributed by atoms with Gasteiger partial charge in [0.25, 0.3) is 0 Å². The van der Waals surface area contributed by atoms with Crippen LogP contribution in [0, 0.1) is 5.82 Å². The first-order valence-corrected chi connectivity index (χ1v) is 9.07. The minimum absolute atomic E-state index is 0.0385. The van der Waals surface area contributed by atoms with Crippen molar-refractivity contribution in [2.75, 3.05) is 40.8 Å². The summed E-state index contributed by atoms with van der Waals surface area (Å²) in [6, 6.07) is 15.8. The van der Waals surface area contributed by atoms with Crippen LogP contribution in [-0.2, 0) is 11.3 Å². The van der Waals surface area contributed by atoms with E-state index in [0.29, 0.717) is 31.4 Å². The van der Waals surface area contributed by atoms with Crippen molar-refractivity contribution in [2.45, 2.75) is 6.54 Å². The number of carbonyl (C=O) groups is 1. The van der Waals surface area contributed by atoms with E-state index >= 15 is 0 Å². The van der Waals surface area contributed by atoms with Gasteiger partial charge < -0.3 is 19.9 Å². The molecule has 7 heteroatoms. The van der Waals surface area contributed by atoms with Gasteiger partial charge in [-0.2, -0.15) is 0 Å². The highest BCUT2D eigenvalue weighted by Gasteiger charge is 2.10. The molecular formula is C21H27FN4O2. The molecule has 0 bridgehead atoms. The van der Waals surface area contributed by atoms with Gasteiger partial charge >= 0.3 is 0 Å². The number of hydrogen-bond donors (Lipinski definition) is 1. The van der Waals surface area contributed by atoms with E-state index < -0.39 is 0 Å². The Balaban J connectivity index is 1.95. The SMILES string of the molecule is CN(C)C(=O)CNC(=NCc1ccccc1)N(C)CCOc1ccc(F)cc1. The second kappa shape index (κ2) is 10.9. The van der Waals surface area contributed by atoms with E-state index in [2.05, 4.69) is 10.3 Å². The highest BCUT2D eigenvalue weighted by molar-refractivity contribution is 5.86. The number of nitrogens with zero attached hydrogens (tertiary/aromatic N) is 3. The summed E-state index contributed by atoms with van der Waals surface area (Å²) >= 11 is 0. The molecule has 0 radical (unpaired) electrons. The molecule has 0 aromatic heterocycles. The topological polar surface area (TPSA) is 57.2 Å². The maximum atomic E-state index is 13.0. The van der Waals surface area contributed by atoms with E-state index in [4.69, 9.17) is 4.74 Å². The molecule has 0 fully saturated rings. The summed E-state index contributed by atoms with van der Waals surface area (Å²) < 4.78 is 18.6. The summed E-state index contributed by atoms with van der Waals surface area (Å²) in [5.41, 5.74) is 1.08. The average Bonchev–Trinajstić information content (AvgIpc) is 2.69. The molecule has 0 saturated carbocycles. The van der Waals surface area contributed by atoms with Crippen molar-refractivity contribution < 1.29 is 13.9 Å². The lowest BCUT2D eigenvalue weighted by molar-refractivity contribution is -0.127. The summed E-state index contributed by atoms with van der Waals surface area (Å²) in [7, 11) is 5.31. The average molecular weight is 386 g/mol. The lowest BCUT2D eigenvalue weighted by Gasteiger charge is -2.23. The smallest absolute Gasteiger partial charge is 0.241 e. The van der Waals surface area contributed by atoms with Crippen molar-refractivity contribution in [3.05, 3.63) is 66.0 Å². The number of aliphatic imine (C=N–C) groups is 1. The lowest BCUT2D eigenvalue weighted by Crippen LogP contribution is -2.45. The maximum Gasteiger partial charge on any atom is 0.241 e. The van der Waals surface area contributed by atoms with Gasteiger partial charge in [-0.15, -0.1) is 0 Å². The van der Waals surface area contributed by atoms with Crippen LogP contribution in [0.25, 0.3) is 0 Å². The molecule has 0 unspecified atom stereocenters. The minimum atomic E-state index is -0.297. The Bertz CT molecular complexity index is 764. The predicted molar refractivity (Wildman–Crippen MR) is 109 cm³/mol. The van der Waals surface area contributed by atoms with Crippen LogP contribution >= 0.6 is 0 Å². The summed E-state index contributed by atoms with van der Waals surface area (Å²) in [5.74, 6) is 0.882. The number of nitrogens with one attached hydrogen (secondary N) is 1. The quantitative estimate of drug-likeness (QED) is 0.559. The van der Waals surface area contributed by atoms with Gasteiger partial charge in [-0.3, -0.25) is 4.79 Å².